The fourth-order valence-electron chi connectivity index (χ4n) is 0.668. The third-order valence-electron chi connectivity index (χ3n) is 1.38. The Labute approximate surface area is 54.9 Å². The Morgan fingerprint density at radius 2 is 1.89 bits per heavy atom. The van der Waals surface area contributed by atoms with Crippen molar-refractivity contribution in [2.75, 3.05) is 6.61 Å². The molecule has 3 N–H and O–H groups in total. The van der Waals surface area contributed by atoms with Gasteiger partial charge in [0.05, 0.1) is 0 Å². The predicted molar refractivity (Wildman–Crippen MR) is 33.7 cm³/mol. The summed E-state index contributed by atoms with van der Waals surface area (Å²) in [7, 11) is 0. The van der Waals surface area contributed by atoms with Crippen LogP contribution in [0.15, 0.2) is 0 Å². The normalized spacial score (nSPS) is 14.3. The third kappa shape index (κ3) is 4.39. The number of rotatable bonds is 4. The van der Waals surface area contributed by atoms with E-state index in [1.54, 1.807) is 0 Å². The summed E-state index contributed by atoms with van der Waals surface area (Å²) >= 11 is 0. The molecule has 3 heteroatoms. The Morgan fingerprint density at radius 1 is 1.33 bits per heavy atom. The van der Waals surface area contributed by atoms with Crippen molar-refractivity contribution in [3.05, 3.63) is 0 Å². The van der Waals surface area contributed by atoms with Crippen LogP contribution in [0.5, 0.6) is 0 Å². The quantitative estimate of drug-likeness (QED) is 0.463. The molecule has 0 aliphatic heterocycles. The van der Waals surface area contributed by atoms with Crippen molar-refractivity contribution in [2.24, 2.45) is 5.92 Å². The minimum atomic E-state index is -1.28. The molecule has 56 valence electrons. The highest BCUT2D eigenvalue weighted by atomic mass is 16.5. The van der Waals surface area contributed by atoms with Crippen LogP contribution in [0, 0.1) is 5.92 Å². The Bertz CT molecular complexity index is 59.3. The fourth-order valence-corrected chi connectivity index (χ4v) is 0.668. The molecule has 0 saturated heterocycles. The van der Waals surface area contributed by atoms with E-state index < -0.39 is 6.29 Å². The first-order valence-electron chi connectivity index (χ1n) is 3.17. The molecule has 0 aromatic heterocycles. The second kappa shape index (κ2) is 4.73. The van der Waals surface area contributed by atoms with Gasteiger partial charge >= 0.3 is 0 Å². The van der Waals surface area contributed by atoms with Crippen molar-refractivity contribution >= 4 is 0 Å². The van der Waals surface area contributed by atoms with Gasteiger partial charge < -0.3 is 15.3 Å². The molecular formula is C6H14O3. The number of hydrogen-bond donors (Lipinski definition) is 3. The maximum Gasteiger partial charge on any atom is 0.151 e. The van der Waals surface area contributed by atoms with Gasteiger partial charge in [0.25, 0.3) is 0 Å². The zero-order valence-electron chi connectivity index (χ0n) is 5.62. The van der Waals surface area contributed by atoms with Gasteiger partial charge in [-0.1, -0.05) is 13.3 Å². The standard InChI is InChI=1S/C6H14O3/c1-2-5(4-7)3-6(8)9/h5-9H,2-4H2,1H3. The molecule has 0 radical (unpaired) electrons. The van der Waals surface area contributed by atoms with E-state index >= 15 is 0 Å². The van der Waals surface area contributed by atoms with Crippen LogP contribution < -0.4 is 0 Å². The first kappa shape index (κ1) is 8.88. The first-order chi connectivity index (χ1) is 4.20. The monoisotopic (exact) mass is 134 g/mol. The summed E-state index contributed by atoms with van der Waals surface area (Å²) in [6.45, 7) is 1.94. The van der Waals surface area contributed by atoms with Crippen LogP contribution in [0.3, 0.4) is 0 Å². The summed E-state index contributed by atoms with van der Waals surface area (Å²) in [6.07, 6.45) is -0.219. The Balaban J connectivity index is 3.31. The maximum atomic E-state index is 8.55. The van der Waals surface area contributed by atoms with Crippen LogP contribution in [0.1, 0.15) is 19.8 Å². The van der Waals surface area contributed by atoms with Crippen LogP contribution >= 0.6 is 0 Å². The molecule has 0 saturated carbocycles. The van der Waals surface area contributed by atoms with Crippen LogP contribution in [0.2, 0.25) is 0 Å². The van der Waals surface area contributed by atoms with Crippen LogP contribution in [-0.2, 0) is 0 Å². The Hall–Kier alpha value is -0.120. The van der Waals surface area contributed by atoms with Gasteiger partial charge in [0.15, 0.2) is 6.29 Å². The predicted octanol–water partition coefficient (Wildman–Crippen LogP) is -0.294. The van der Waals surface area contributed by atoms with E-state index in [-0.39, 0.29) is 18.9 Å². The van der Waals surface area contributed by atoms with Gasteiger partial charge in [0, 0.05) is 13.0 Å². The van der Waals surface area contributed by atoms with Crippen molar-refractivity contribution in [1.82, 2.24) is 0 Å². The van der Waals surface area contributed by atoms with E-state index in [2.05, 4.69) is 0 Å². The Kier molecular flexibility index (Phi) is 4.67. The van der Waals surface area contributed by atoms with E-state index in [0.29, 0.717) is 0 Å². The molecule has 0 aromatic rings. The van der Waals surface area contributed by atoms with Gasteiger partial charge in [-0.05, 0) is 5.92 Å². The lowest BCUT2D eigenvalue weighted by Crippen LogP contribution is -2.14. The maximum absolute atomic E-state index is 8.55. The molecule has 0 aliphatic rings. The molecule has 0 amide bonds. The topological polar surface area (TPSA) is 60.7 Å². The van der Waals surface area contributed by atoms with Crippen LogP contribution in [0.25, 0.3) is 0 Å². The van der Waals surface area contributed by atoms with Crippen LogP contribution in [0.4, 0.5) is 0 Å². The summed E-state index contributed by atoms with van der Waals surface area (Å²) in [4.78, 5) is 0. The fraction of sp³-hybridized carbons (Fsp3) is 1.00. The van der Waals surface area contributed by atoms with Gasteiger partial charge in [0.1, 0.15) is 0 Å². The SMILES string of the molecule is CCC(CO)CC(O)O. The second-order valence-corrected chi connectivity index (χ2v) is 2.17. The van der Waals surface area contributed by atoms with Crippen molar-refractivity contribution < 1.29 is 15.3 Å². The number of hydrogen-bond acceptors (Lipinski definition) is 3. The lowest BCUT2D eigenvalue weighted by atomic mass is 10.0. The molecule has 1 atom stereocenters. The third-order valence-corrected chi connectivity index (χ3v) is 1.38. The Morgan fingerprint density at radius 3 is 2.00 bits per heavy atom. The molecule has 0 fully saturated rings. The lowest BCUT2D eigenvalue weighted by Gasteiger charge is -2.11. The smallest absolute Gasteiger partial charge is 0.151 e. The molecule has 1 unspecified atom stereocenters. The summed E-state index contributed by atoms with van der Waals surface area (Å²) in [5.41, 5.74) is 0. The molecular weight excluding hydrogens is 120 g/mol. The molecule has 9 heavy (non-hydrogen) atoms. The lowest BCUT2D eigenvalue weighted by molar-refractivity contribution is -0.0607. The summed E-state index contributed by atoms with van der Waals surface area (Å²) < 4.78 is 0. The zero-order chi connectivity index (χ0) is 7.28. The minimum absolute atomic E-state index is 0.0324. The largest absolute Gasteiger partial charge is 0.396 e. The highest BCUT2D eigenvalue weighted by Gasteiger charge is 2.08. The summed E-state index contributed by atoms with van der Waals surface area (Å²) in [6, 6.07) is 0. The van der Waals surface area contributed by atoms with Gasteiger partial charge in [-0.15, -0.1) is 0 Å². The molecule has 0 aliphatic carbocycles. The molecule has 3 nitrogen and oxygen atoms in total. The number of aliphatic hydroxyl groups is 3. The van der Waals surface area contributed by atoms with Gasteiger partial charge in [-0.3, -0.25) is 0 Å². The summed E-state index contributed by atoms with van der Waals surface area (Å²) in [5, 5.41) is 25.4. The first-order valence-corrected chi connectivity index (χ1v) is 3.17. The minimum Gasteiger partial charge on any atom is -0.396 e. The van der Waals surface area contributed by atoms with Gasteiger partial charge in [-0.2, -0.15) is 0 Å². The second-order valence-electron chi connectivity index (χ2n) is 2.17. The van der Waals surface area contributed by atoms with Crippen molar-refractivity contribution in [3.8, 4) is 0 Å². The van der Waals surface area contributed by atoms with E-state index in [0.717, 1.165) is 6.42 Å². The van der Waals surface area contributed by atoms with E-state index in [1.807, 2.05) is 6.92 Å². The average molecular weight is 134 g/mol. The molecule has 0 rings (SSSR count). The van der Waals surface area contributed by atoms with Crippen molar-refractivity contribution in [3.63, 3.8) is 0 Å². The average Bonchev–Trinajstić information content (AvgIpc) is 1.82. The van der Waals surface area contributed by atoms with Gasteiger partial charge in [0.2, 0.25) is 0 Å². The summed E-state index contributed by atoms with van der Waals surface area (Å²) in [5.74, 6) is 0.0324. The van der Waals surface area contributed by atoms with E-state index in [9.17, 15) is 0 Å². The molecule has 0 spiro atoms. The van der Waals surface area contributed by atoms with E-state index in [1.165, 1.54) is 0 Å². The van der Waals surface area contributed by atoms with Crippen molar-refractivity contribution in [1.29, 1.82) is 0 Å². The van der Waals surface area contributed by atoms with Gasteiger partial charge in [-0.25, -0.2) is 0 Å². The van der Waals surface area contributed by atoms with Crippen molar-refractivity contribution in [2.45, 2.75) is 26.1 Å². The van der Waals surface area contributed by atoms with E-state index in [4.69, 9.17) is 15.3 Å². The highest BCUT2D eigenvalue weighted by Crippen LogP contribution is 2.07. The number of aliphatic hydroxyl groups excluding tert-OH is 2. The molecule has 0 aromatic carbocycles. The molecule has 0 bridgehead atoms. The highest BCUT2D eigenvalue weighted by molar-refractivity contribution is 4.54. The zero-order valence-corrected chi connectivity index (χ0v) is 5.62. The van der Waals surface area contributed by atoms with Crippen LogP contribution in [-0.4, -0.2) is 28.2 Å². The molecule has 0 heterocycles.